The molecular formula is C40H67NO10. The Hall–Kier alpha value is -2.44. The zero-order valence-electron chi connectivity index (χ0n) is 32.3. The fraction of sp³-hybridized carbons (Fsp3) is 0.800. The molecule has 2 rings (SSSR count). The number of allylic oxidation sites excluding steroid dienone is 4. The molecule has 1 amide bonds. The van der Waals surface area contributed by atoms with Gasteiger partial charge in [-0.1, -0.05) is 63.3 Å². The molecule has 0 aromatic rings. The summed E-state index contributed by atoms with van der Waals surface area (Å²) >= 11 is 0. The lowest BCUT2D eigenvalue weighted by atomic mass is 9.84. The van der Waals surface area contributed by atoms with Crippen molar-refractivity contribution in [1.29, 1.82) is 0 Å². The van der Waals surface area contributed by atoms with E-state index in [1.807, 2.05) is 19.9 Å². The van der Waals surface area contributed by atoms with E-state index in [1.54, 1.807) is 7.11 Å². The minimum absolute atomic E-state index is 0.00341. The van der Waals surface area contributed by atoms with E-state index in [9.17, 15) is 39.6 Å². The number of ketones is 2. The molecule has 1 saturated heterocycles. The summed E-state index contributed by atoms with van der Waals surface area (Å²) in [6.45, 7) is 9.81. The van der Waals surface area contributed by atoms with Gasteiger partial charge in [-0.15, -0.1) is 0 Å². The average Bonchev–Trinajstić information content (AvgIpc) is 3.09. The van der Waals surface area contributed by atoms with Gasteiger partial charge in [0.05, 0.1) is 18.3 Å². The van der Waals surface area contributed by atoms with Gasteiger partial charge in [0.2, 0.25) is 5.79 Å². The van der Waals surface area contributed by atoms with Crippen molar-refractivity contribution in [3.8, 4) is 0 Å². The van der Waals surface area contributed by atoms with Crippen molar-refractivity contribution >= 4 is 23.4 Å². The number of hydrogen-bond donors (Lipinski definition) is 4. The molecule has 11 nitrogen and oxygen atoms in total. The van der Waals surface area contributed by atoms with E-state index in [0.717, 1.165) is 49.0 Å². The first-order chi connectivity index (χ1) is 24.0. The van der Waals surface area contributed by atoms with E-state index in [-0.39, 0.29) is 43.6 Å². The molecule has 0 aromatic carbocycles. The van der Waals surface area contributed by atoms with Gasteiger partial charge in [0.25, 0.3) is 11.7 Å². The van der Waals surface area contributed by atoms with Gasteiger partial charge in [0, 0.05) is 39.5 Å². The van der Waals surface area contributed by atoms with Gasteiger partial charge in [-0.25, -0.2) is 4.79 Å². The van der Waals surface area contributed by atoms with Gasteiger partial charge in [0.15, 0.2) is 0 Å². The predicted molar refractivity (Wildman–Crippen MR) is 196 cm³/mol. The molecular weight excluding hydrogens is 654 g/mol. The van der Waals surface area contributed by atoms with E-state index in [4.69, 9.17) is 9.47 Å². The fourth-order valence-electron chi connectivity index (χ4n) is 7.73. The smallest absolute Gasteiger partial charge is 0.326 e. The second-order valence-electron chi connectivity index (χ2n) is 15.7. The second-order valence-corrected chi connectivity index (χ2v) is 15.7. The number of nitrogens with zero attached hydrogens (tertiary/aromatic N) is 1. The highest BCUT2D eigenvalue weighted by atomic mass is 16.5. The molecule has 0 radical (unpaired) electrons. The number of likely N-dealkylation sites (tertiary alicyclic amines) is 1. The van der Waals surface area contributed by atoms with Crippen molar-refractivity contribution in [2.24, 2.45) is 23.7 Å². The number of ether oxygens (including phenoxy) is 2. The molecule has 8 atom stereocenters. The molecule has 7 unspecified atom stereocenters. The van der Waals surface area contributed by atoms with Crippen LogP contribution in [0.5, 0.6) is 0 Å². The van der Waals surface area contributed by atoms with Crippen molar-refractivity contribution in [2.45, 2.75) is 161 Å². The van der Waals surface area contributed by atoms with E-state index in [1.165, 1.54) is 32.4 Å². The number of amides is 1. The van der Waals surface area contributed by atoms with Crippen LogP contribution in [0.1, 0.15) is 131 Å². The first kappa shape index (κ1) is 44.7. The molecule has 1 aliphatic heterocycles. The molecule has 51 heavy (non-hydrogen) atoms. The number of carboxylic acids is 1. The summed E-state index contributed by atoms with van der Waals surface area (Å²) in [4.78, 5) is 51.0. The second kappa shape index (κ2) is 21.9. The summed E-state index contributed by atoms with van der Waals surface area (Å²) in [6.07, 6.45) is 13.8. The van der Waals surface area contributed by atoms with Crippen LogP contribution in [0.25, 0.3) is 0 Å². The molecule has 1 saturated carbocycles. The van der Waals surface area contributed by atoms with Crippen molar-refractivity contribution in [2.75, 3.05) is 20.8 Å². The number of carbonyl (C=O) groups is 4. The Morgan fingerprint density at radius 2 is 1.63 bits per heavy atom. The molecule has 292 valence electrons. The number of aliphatic hydroxyl groups is 3. The van der Waals surface area contributed by atoms with Crippen LogP contribution >= 0.6 is 0 Å². The number of aliphatic hydroxyl groups excluding tert-OH is 1. The van der Waals surface area contributed by atoms with Crippen LogP contribution < -0.4 is 0 Å². The zero-order valence-corrected chi connectivity index (χ0v) is 32.3. The lowest BCUT2D eigenvalue weighted by Gasteiger charge is -2.35. The molecule has 11 heteroatoms. The Labute approximate surface area is 305 Å². The normalized spacial score (nSPS) is 23.6. The van der Waals surface area contributed by atoms with Crippen LogP contribution in [0.2, 0.25) is 0 Å². The third-order valence-electron chi connectivity index (χ3n) is 11.0. The molecule has 0 bridgehead atoms. The van der Waals surface area contributed by atoms with Crippen LogP contribution in [-0.2, 0) is 28.7 Å². The third-order valence-corrected chi connectivity index (χ3v) is 11.0. The Morgan fingerprint density at radius 3 is 2.27 bits per heavy atom. The molecule has 2 fully saturated rings. The first-order valence-corrected chi connectivity index (χ1v) is 19.1. The monoisotopic (exact) mass is 721 g/mol. The maximum absolute atomic E-state index is 12.9. The summed E-state index contributed by atoms with van der Waals surface area (Å²) in [7, 11) is 3.30. The first-order valence-electron chi connectivity index (χ1n) is 19.1. The van der Waals surface area contributed by atoms with Gasteiger partial charge in [-0.3, -0.25) is 14.4 Å². The molecule has 0 aromatic heterocycles. The van der Waals surface area contributed by atoms with E-state index >= 15 is 0 Å². The highest BCUT2D eigenvalue weighted by Crippen LogP contribution is 2.30. The summed E-state index contributed by atoms with van der Waals surface area (Å²) in [6, 6.07) is -1.16. The number of Topliss-reactive ketones (excluding diaryl/α,β-unsaturated/α-hetero) is 2. The number of hydrogen-bond acceptors (Lipinski definition) is 9. The number of carboxylic acid groups (broad SMARTS) is 1. The SMILES string of the molecule is COC1CCCC(/C=C(\C)C[C@H](C)C(O)CC(=O)C/C=C(\C)CC(C)CCCC(CC(C)C(O)(O)C(=O)C(=O)N2CCCCC2C(=O)O)OC)C1. The molecule has 2 aliphatic rings. The Bertz CT molecular complexity index is 1200. The zero-order chi connectivity index (χ0) is 38.3. The van der Waals surface area contributed by atoms with E-state index in [2.05, 4.69) is 19.9 Å². The Kier molecular flexibility index (Phi) is 19.2. The minimum Gasteiger partial charge on any atom is -0.480 e. The number of aliphatic carboxylic acids is 1. The highest BCUT2D eigenvalue weighted by Gasteiger charge is 2.47. The predicted octanol–water partition coefficient (Wildman–Crippen LogP) is 5.77. The van der Waals surface area contributed by atoms with Gasteiger partial charge >= 0.3 is 5.97 Å². The number of carbonyl (C=O) groups excluding carboxylic acids is 3. The van der Waals surface area contributed by atoms with Gasteiger partial charge in [0.1, 0.15) is 11.8 Å². The van der Waals surface area contributed by atoms with Crippen LogP contribution in [0.15, 0.2) is 23.3 Å². The van der Waals surface area contributed by atoms with Crippen molar-refractivity contribution in [3.63, 3.8) is 0 Å². The molecule has 1 heterocycles. The Balaban J connectivity index is 1.75. The van der Waals surface area contributed by atoms with Crippen LogP contribution in [0.4, 0.5) is 0 Å². The summed E-state index contributed by atoms with van der Waals surface area (Å²) in [5, 5.41) is 41.6. The van der Waals surface area contributed by atoms with Gasteiger partial charge in [-0.2, -0.15) is 0 Å². The van der Waals surface area contributed by atoms with Crippen molar-refractivity contribution in [3.05, 3.63) is 23.3 Å². The fourth-order valence-corrected chi connectivity index (χ4v) is 7.73. The summed E-state index contributed by atoms with van der Waals surface area (Å²) in [5.74, 6) is -6.94. The standard InChI is InChI=1S/C40H67NO10/c1-26(20-27(2)17-18-32(42)25-36(43)29(4)21-28(3)22-31-13-11-15-34(24-31)51-7)12-10-14-33(50-6)23-30(5)40(48,49)37(44)38(45)41-19-9-8-16-35(41)39(46)47/h17,22,26,29-31,33-36,43,48-49H,8-16,18-21,23-25H2,1-7H3,(H,46,47)/b27-17+,28-22+/t26?,29-,30?,31?,33?,34?,35?,36?/m0/s1. The summed E-state index contributed by atoms with van der Waals surface area (Å²) < 4.78 is 11.1. The molecule has 4 N–H and O–H groups in total. The van der Waals surface area contributed by atoms with Gasteiger partial charge < -0.3 is 34.8 Å². The largest absolute Gasteiger partial charge is 0.480 e. The van der Waals surface area contributed by atoms with E-state index < -0.39 is 41.5 Å². The van der Waals surface area contributed by atoms with Crippen LogP contribution in [0.3, 0.4) is 0 Å². The molecule has 1 aliphatic carbocycles. The third kappa shape index (κ3) is 14.8. The highest BCUT2D eigenvalue weighted by molar-refractivity contribution is 6.39. The maximum Gasteiger partial charge on any atom is 0.326 e. The number of rotatable bonds is 22. The lowest BCUT2D eigenvalue weighted by Crippen LogP contribution is -2.57. The summed E-state index contributed by atoms with van der Waals surface area (Å²) in [5.41, 5.74) is 2.37. The van der Waals surface area contributed by atoms with Crippen molar-refractivity contribution < 1.29 is 49.1 Å². The van der Waals surface area contributed by atoms with Crippen LogP contribution in [-0.4, -0.2) is 99.7 Å². The lowest BCUT2D eigenvalue weighted by molar-refractivity contribution is -0.208. The number of methoxy groups -OCH3 is 2. The average molecular weight is 722 g/mol. The van der Waals surface area contributed by atoms with Crippen molar-refractivity contribution in [1.82, 2.24) is 4.90 Å². The van der Waals surface area contributed by atoms with Gasteiger partial charge in [-0.05, 0) is 95.8 Å². The minimum atomic E-state index is -2.95. The Morgan fingerprint density at radius 1 is 0.922 bits per heavy atom. The topological polar surface area (TPSA) is 171 Å². The molecule has 0 spiro atoms. The van der Waals surface area contributed by atoms with E-state index in [0.29, 0.717) is 43.6 Å². The maximum atomic E-state index is 12.9. The quantitative estimate of drug-likeness (QED) is 0.0611. The van der Waals surface area contributed by atoms with Crippen LogP contribution in [0, 0.1) is 23.7 Å². The number of piperidine rings is 1.